The normalized spacial score (nSPS) is 9.96. The summed E-state index contributed by atoms with van der Waals surface area (Å²) in [5.41, 5.74) is -0.673. The van der Waals surface area contributed by atoms with Gasteiger partial charge in [0.15, 0.2) is 0 Å². The van der Waals surface area contributed by atoms with E-state index in [4.69, 9.17) is 5.26 Å². The molecule has 2 aromatic carbocycles. The number of hydrogen-bond donors (Lipinski definition) is 2. The van der Waals surface area contributed by atoms with Crippen LogP contribution in [-0.2, 0) is 0 Å². The summed E-state index contributed by atoms with van der Waals surface area (Å²) in [5.74, 6) is -2.88. The van der Waals surface area contributed by atoms with E-state index in [2.05, 4.69) is 10.6 Å². The molecule has 2 N–H and O–H groups in total. The zero-order valence-electron chi connectivity index (χ0n) is 12.8. The summed E-state index contributed by atoms with van der Waals surface area (Å²) >= 11 is 0. The van der Waals surface area contributed by atoms with Gasteiger partial charge >= 0.3 is 0 Å². The summed E-state index contributed by atoms with van der Waals surface area (Å²) in [4.78, 5) is 22.1. The minimum absolute atomic E-state index is 0.0240. The van der Waals surface area contributed by atoms with Crippen LogP contribution in [0.4, 0.5) is 20.2 Å². The number of benzene rings is 2. The number of amides is 1. The molecular formula is C16H12F2N4O3. The van der Waals surface area contributed by atoms with Crippen molar-refractivity contribution in [3.05, 3.63) is 69.3 Å². The van der Waals surface area contributed by atoms with E-state index in [0.29, 0.717) is 0 Å². The van der Waals surface area contributed by atoms with Crippen LogP contribution in [0.25, 0.3) is 0 Å². The Labute approximate surface area is 141 Å². The number of carbonyl (C=O) groups excluding carboxylic acids is 1. The zero-order chi connectivity index (χ0) is 18.4. The number of halogens is 2. The lowest BCUT2D eigenvalue weighted by Crippen LogP contribution is -2.30. The van der Waals surface area contributed by atoms with Crippen molar-refractivity contribution in [1.82, 2.24) is 5.32 Å². The lowest BCUT2D eigenvalue weighted by atomic mass is 10.2. The molecule has 0 atom stereocenters. The molecule has 0 saturated carbocycles. The van der Waals surface area contributed by atoms with E-state index < -0.39 is 28.0 Å². The fourth-order valence-corrected chi connectivity index (χ4v) is 2.08. The van der Waals surface area contributed by atoms with Crippen LogP contribution in [0.1, 0.15) is 15.9 Å². The second-order valence-electron chi connectivity index (χ2n) is 4.88. The quantitative estimate of drug-likeness (QED) is 0.475. The molecule has 128 valence electrons. The number of hydrogen-bond acceptors (Lipinski definition) is 5. The molecule has 0 aromatic heterocycles. The number of anilines is 1. The monoisotopic (exact) mass is 346 g/mol. The summed E-state index contributed by atoms with van der Waals surface area (Å²) in [6.45, 7) is 0.0539. The van der Waals surface area contributed by atoms with Crippen LogP contribution in [0, 0.1) is 33.1 Å². The maximum Gasteiger partial charge on any atom is 0.293 e. The Bertz CT molecular complexity index is 845. The molecule has 0 bridgehead atoms. The van der Waals surface area contributed by atoms with E-state index in [0.717, 1.165) is 24.3 Å². The van der Waals surface area contributed by atoms with Gasteiger partial charge in [-0.05, 0) is 24.3 Å². The predicted octanol–water partition coefficient (Wildman–Crippen LogP) is 2.59. The Balaban J connectivity index is 1.97. The summed E-state index contributed by atoms with van der Waals surface area (Å²) in [7, 11) is 0. The van der Waals surface area contributed by atoms with Crippen molar-refractivity contribution in [3.8, 4) is 6.07 Å². The van der Waals surface area contributed by atoms with E-state index in [1.54, 1.807) is 6.07 Å². The molecule has 0 fully saturated rings. The minimum Gasteiger partial charge on any atom is -0.378 e. The molecule has 0 heterocycles. The first-order chi connectivity index (χ1) is 11.9. The van der Waals surface area contributed by atoms with Crippen LogP contribution in [0.3, 0.4) is 0 Å². The van der Waals surface area contributed by atoms with Crippen LogP contribution in [0.5, 0.6) is 0 Å². The van der Waals surface area contributed by atoms with Crippen molar-refractivity contribution >= 4 is 17.3 Å². The maximum absolute atomic E-state index is 13.5. The summed E-state index contributed by atoms with van der Waals surface area (Å²) < 4.78 is 26.9. The summed E-state index contributed by atoms with van der Waals surface area (Å²) in [5, 5.41) is 24.8. The number of nitrogens with zero attached hydrogens (tertiary/aromatic N) is 2. The zero-order valence-corrected chi connectivity index (χ0v) is 12.8. The van der Waals surface area contributed by atoms with Crippen molar-refractivity contribution in [2.75, 3.05) is 18.4 Å². The Morgan fingerprint density at radius 1 is 1.20 bits per heavy atom. The first-order valence-electron chi connectivity index (χ1n) is 7.08. The molecule has 9 heteroatoms. The third-order valence-electron chi connectivity index (χ3n) is 3.24. The Hall–Kier alpha value is -3.54. The predicted molar refractivity (Wildman–Crippen MR) is 85.0 cm³/mol. The molecule has 0 spiro atoms. The third kappa shape index (κ3) is 4.26. The molecule has 2 rings (SSSR count). The molecule has 0 radical (unpaired) electrons. The molecule has 1 amide bonds. The van der Waals surface area contributed by atoms with Gasteiger partial charge in [-0.2, -0.15) is 5.26 Å². The maximum atomic E-state index is 13.5. The first kappa shape index (κ1) is 17.8. The van der Waals surface area contributed by atoms with Crippen LogP contribution in [0.15, 0.2) is 36.4 Å². The number of nitriles is 1. The lowest BCUT2D eigenvalue weighted by Gasteiger charge is -2.09. The van der Waals surface area contributed by atoms with Crippen molar-refractivity contribution in [1.29, 1.82) is 5.26 Å². The Kier molecular flexibility index (Phi) is 5.58. The highest BCUT2D eigenvalue weighted by Gasteiger charge is 2.17. The van der Waals surface area contributed by atoms with E-state index >= 15 is 0 Å². The highest BCUT2D eigenvalue weighted by atomic mass is 19.1. The molecule has 7 nitrogen and oxygen atoms in total. The average molecular weight is 346 g/mol. The van der Waals surface area contributed by atoms with Gasteiger partial charge in [-0.1, -0.05) is 6.07 Å². The van der Waals surface area contributed by atoms with Gasteiger partial charge < -0.3 is 10.6 Å². The molecular weight excluding hydrogens is 334 g/mol. The van der Waals surface area contributed by atoms with Crippen molar-refractivity contribution in [3.63, 3.8) is 0 Å². The second-order valence-corrected chi connectivity index (χ2v) is 4.88. The number of rotatable bonds is 6. The number of nitro benzene ring substituents is 1. The SMILES string of the molecule is N#Cc1ccc(NCCNC(=O)c2c(F)cccc2F)c([N+](=O)[O-])c1. The van der Waals surface area contributed by atoms with Crippen molar-refractivity contribution < 1.29 is 18.5 Å². The smallest absolute Gasteiger partial charge is 0.293 e. The molecule has 2 aromatic rings. The van der Waals surface area contributed by atoms with Gasteiger partial charge in [0.2, 0.25) is 0 Å². The molecule has 0 saturated heterocycles. The van der Waals surface area contributed by atoms with Crippen LogP contribution in [-0.4, -0.2) is 23.9 Å². The highest BCUT2D eigenvalue weighted by molar-refractivity contribution is 5.94. The summed E-state index contributed by atoms with van der Waals surface area (Å²) in [6.07, 6.45) is 0. The topological polar surface area (TPSA) is 108 Å². The summed E-state index contributed by atoms with van der Waals surface area (Å²) in [6, 6.07) is 8.78. The fraction of sp³-hybridized carbons (Fsp3) is 0.125. The van der Waals surface area contributed by atoms with Gasteiger partial charge in [0, 0.05) is 19.2 Å². The van der Waals surface area contributed by atoms with Crippen molar-refractivity contribution in [2.45, 2.75) is 0 Å². The minimum atomic E-state index is -0.979. The van der Waals surface area contributed by atoms with Gasteiger partial charge in [0.1, 0.15) is 22.9 Å². The van der Waals surface area contributed by atoms with E-state index in [-0.39, 0.29) is 30.0 Å². The standard InChI is InChI=1S/C16H12F2N4O3/c17-11-2-1-3-12(18)15(11)16(23)21-7-6-20-13-5-4-10(9-19)8-14(13)22(24)25/h1-5,8,20H,6-7H2,(H,21,23). The van der Waals surface area contributed by atoms with Gasteiger partial charge in [-0.25, -0.2) is 8.78 Å². The molecule has 0 aliphatic rings. The molecule has 25 heavy (non-hydrogen) atoms. The van der Waals surface area contributed by atoms with Crippen LogP contribution in [0.2, 0.25) is 0 Å². The molecule has 0 aliphatic heterocycles. The van der Waals surface area contributed by atoms with Gasteiger partial charge in [-0.15, -0.1) is 0 Å². The highest BCUT2D eigenvalue weighted by Crippen LogP contribution is 2.25. The third-order valence-corrected chi connectivity index (χ3v) is 3.24. The van der Waals surface area contributed by atoms with Crippen molar-refractivity contribution in [2.24, 2.45) is 0 Å². The first-order valence-corrected chi connectivity index (χ1v) is 7.08. The van der Waals surface area contributed by atoms with Crippen LogP contribution >= 0.6 is 0 Å². The largest absolute Gasteiger partial charge is 0.378 e. The van der Waals surface area contributed by atoms with E-state index in [1.165, 1.54) is 12.1 Å². The Morgan fingerprint density at radius 3 is 2.48 bits per heavy atom. The lowest BCUT2D eigenvalue weighted by molar-refractivity contribution is -0.384. The van der Waals surface area contributed by atoms with Gasteiger partial charge in [-0.3, -0.25) is 14.9 Å². The number of nitrogens with one attached hydrogen (secondary N) is 2. The number of nitro groups is 1. The second kappa shape index (κ2) is 7.83. The molecule has 0 unspecified atom stereocenters. The van der Waals surface area contributed by atoms with Gasteiger partial charge in [0.25, 0.3) is 11.6 Å². The molecule has 0 aliphatic carbocycles. The van der Waals surface area contributed by atoms with E-state index in [9.17, 15) is 23.7 Å². The average Bonchev–Trinajstić information content (AvgIpc) is 2.58. The fourth-order valence-electron chi connectivity index (χ4n) is 2.08. The number of carbonyl (C=O) groups is 1. The van der Waals surface area contributed by atoms with Crippen LogP contribution < -0.4 is 10.6 Å². The van der Waals surface area contributed by atoms with E-state index in [1.807, 2.05) is 0 Å². The van der Waals surface area contributed by atoms with Gasteiger partial charge in [0.05, 0.1) is 16.6 Å². The Morgan fingerprint density at radius 2 is 1.88 bits per heavy atom.